The van der Waals surface area contributed by atoms with Gasteiger partial charge in [-0.3, -0.25) is 4.79 Å². The van der Waals surface area contributed by atoms with E-state index in [2.05, 4.69) is 27.1 Å². The van der Waals surface area contributed by atoms with Gasteiger partial charge in [0.25, 0.3) is 0 Å². The van der Waals surface area contributed by atoms with Gasteiger partial charge < -0.3 is 15.2 Å². The first-order valence-electron chi connectivity index (χ1n) is 7.20. The van der Waals surface area contributed by atoms with Crippen LogP contribution in [0.4, 0.5) is 0 Å². The van der Waals surface area contributed by atoms with Crippen LogP contribution in [0.2, 0.25) is 0 Å². The first kappa shape index (κ1) is 21.6. The molecule has 1 saturated heterocycles. The number of thioether (sulfide) groups is 1. The lowest BCUT2D eigenvalue weighted by atomic mass is 10.1. The minimum absolute atomic E-state index is 0. The maximum atomic E-state index is 11.9. The first-order valence-corrected chi connectivity index (χ1v) is 8.36. The molecule has 1 aliphatic rings. The molecule has 1 aromatic heterocycles. The predicted molar refractivity (Wildman–Crippen MR) is 97.4 cm³/mol. The number of amides is 1. The number of aromatic nitrogens is 2. The molecule has 2 heterocycles. The van der Waals surface area contributed by atoms with Crippen LogP contribution in [0.5, 0.6) is 0 Å². The summed E-state index contributed by atoms with van der Waals surface area (Å²) in [6.07, 6.45) is 4.38. The SMILES string of the molecule is Cc1nccn1CC(C)CNC(=O)CC1CSCCN1.Cl.Cl. The van der Waals surface area contributed by atoms with Gasteiger partial charge in [-0.1, -0.05) is 6.92 Å². The van der Waals surface area contributed by atoms with Gasteiger partial charge in [0.2, 0.25) is 5.91 Å². The second kappa shape index (κ2) is 11.2. The van der Waals surface area contributed by atoms with E-state index >= 15 is 0 Å². The lowest BCUT2D eigenvalue weighted by Gasteiger charge is -2.23. The van der Waals surface area contributed by atoms with E-state index in [9.17, 15) is 4.79 Å². The van der Waals surface area contributed by atoms with Crippen LogP contribution in [0.3, 0.4) is 0 Å². The summed E-state index contributed by atoms with van der Waals surface area (Å²) in [6.45, 7) is 6.77. The quantitative estimate of drug-likeness (QED) is 0.804. The summed E-state index contributed by atoms with van der Waals surface area (Å²) >= 11 is 1.92. The Balaban J connectivity index is 0.00000220. The van der Waals surface area contributed by atoms with Crippen LogP contribution in [0.1, 0.15) is 19.2 Å². The molecule has 22 heavy (non-hydrogen) atoms. The number of imidazole rings is 1. The minimum atomic E-state index is 0. The van der Waals surface area contributed by atoms with E-state index in [-0.39, 0.29) is 30.7 Å². The van der Waals surface area contributed by atoms with Crippen molar-refractivity contribution in [2.45, 2.75) is 32.9 Å². The standard InChI is InChI=1S/C14H24N4OS.2ClH/c1-11(9-18-5-3-15-12(18)2)8-17-14(19)7-13-10-20-6-4-16-13;;/h3,5,11,13,16H,4,6-10H2,1-2H3,(H,17,19);2*1H. The summed E-state index contributed by atoms with van der Waals surface area (Å²) < 4.78 is 2.12. The maximum absolute atomic E-state index is 11.9. The van der Waals surface area contributed by atoms with Crippen molar-refractivity contribution >= 4 is 42.5 Å². The normalized spacial score (nSPS) is 18.7. The van der Waals surface area contributed by atoms with Gasteiger partial charge in [0.05, 0.1) is 0 Å². The number of hydrogen-bond acceptors (Lipinski definition) is 4. The summed E-state index contributed by atoms with van der Waals surface area (Å²) in [7, 11) is 0. The van der Waals surface area contributed by atoms with Crippen molar-refractivity contribution in [3.05, 3.63) is 18.2 Å². The van der Waals surface area contributed by atoms with Gasteiger partial charge in [-0.05, 0) is 12.8 Å². The smallest absolute Gasteiger partial charge is 0.221 e. The molecule has 0 aliphatic carbocycles. The van der Waals surface area contributed by atoms with Crippen molar-refractivity contribution in [1.29, 1.82) is 0 Å². The summed E-state index contributed by atoms with van der Waals surface area (Å²) in [4.78, 5) is 16.1. The molecule has 0 spiro atoms. The molecule has 2 atom stereocenters. The molecule has 2 unspecified atom stereocenters. The molecule has 1 aromatic rings. The number of aryl methyl sites for hydroxylation is 1. The van der Waals surface area contributed by atoms with Gasteiger partial charge in [0.1, 0.15) is 5.82 Å². The van der Waals surface area contributed by atoms with Crippen LogP contribution in [0.25, 0.3) is 0 Å². The predicted octanol–water partition coefficient (Wildman–Crippen LogP) is 1.88. The summed E-state index contributed by atoms with van der Waals surface area (Å²) in [5.74, 6) is 3.77. The molecule has 128 valence electrons. The van der Waals surface area contributed by atoms with Crippen LogP contribution in [-0.4, -0.2) is 46.1 Å². The van der Waals surface area contributed by atoms with Crippen molar-refractivity contribution < 1.29 is 4.79 Å². The van der Waals surface area contributed by atoms with Crippen molar-refractivity contribution in [2.24, 2.45) is 5.92 Å². The van der Waals surface area contributed by atoms with E-state index in [1.165, 1.54) is 0 Å². The fourth-order valence-electron chi connectivity index (χ4n) is 2.33. The molecule has 8 heteroatoms. The van der Waals surface area contributed by atoms with Crippen LogP contribution in [-0.2, 0) is 11.3 Å². The molecule has 0 bridgehead atoms. The third kappa shape index (κ3) is 7.22. The molecule has 1 amide bonds. The lowest BCUT2D eigenvalue weighted by molar-refractivity contribution is -0.121. The fraction of sp³-hybridized carbons (Fsp3) is 0.714. The Bertz CT molecular complexity index is 438. The Morgan fingerprint density at radius 1 is 1.59 bits per heavy atom. The average Bonchev–Trinajstić information content (AvgIpc) is 2.83. The zero-order valence-corrected chi connectivity index (χ0v) is 15.5. The molecule has 2 rings (SSSR count). The Kier molecular flexibility index (Phi) is 10.9. The summed E-state index contributed by atoms with van der Waals surface area (Å²) in [6, 6.07) is 0.333. The van der Waals surface area contributed by atoms with Crippen LogP contribution >= 0.6 is 36.6 Å². The highest BCUT2D eigenvalue weighted by Gasteiger charge is 2.17. The summed E-state index contributed by atoms with van der Waals surface area (Å²) in [5, 5.41) is 6.43. The number of hydrogen-bond donors (Lipinski definition) is 2. The molecular weight excluding hydrogens is 343 g/mol. The van der Waals surface area contributed by atoms with Crippen molar-refractivity contribution in [1.82, 2.24) is 20.2 Å². The van der Waals surface area contributed by atoms with Crippen LogP contribution in [0.15, 0.2) is 12.4 Å². The molecule has 0 saturated carbocycles. The van der Waals surface area contributed by atoms with Gasteiger partial charge in [-0.25, -0.2) is 4.98 Å². The highest BCUT2D eigenvalue weighted by Crippen LogP contribution is 2.10. The molecular formula is C14H26Cl2N4OS. The van der Waals surface area contributed by atoms with Crippen LogP contribution < -0.4 is 10.6 Å². The third-order valence-corrected chi connectivity index (χ3v) is 4.64. The van der Waals surface area contributed by atoms with E-state index in [0.29, 0.717) is 18.4 Å². The Morgan fingerprint density at radius 3 is 2.95 bits per heavy atom. The highest BCUT2D eigenvalue weighted by atomic mass is 35.5. The molecule has 2 N–H and O–H groups in total. The molecule has 0 aromatic carbocycles. The number of rotatable bonds is 6. The van der Waals surface area contributed by atoms with Gasteiger partial charge in [0.15, 0.2) is 0 Å². The van der Waals surface area contributed by atoms with E-state index in [1.54, 1.807) is 0 Å². The average molecular weight is 369 g/mol. The number of carbonyl (C=O) groups excluding carboxylic acids is 1. The van der Waals surface area contributed by atoms with E-state index < -0.39 is 0 Å². The molecule has 5 nitrogen and oxygen atoms in total. The van der Waals surface area contributed by atoms with Gasteiger partial charge in [0, 0.05) is 56.0 Å². The van der Waals surface area contributed by atoms with E-state index in [4.69, 9.17) is 0 Å². The second-order valence-corrected chi connectivity index (χ2v) is 6.62. The van der Waals surface area contributed by atoms with Gasteiger partial charge in [-0.15, -0.1) is 24.8 Å². The third-order valence-electron chi connectivity index (χ3n) is 3.51. The highest BCUT2D eigenvalue weighted by molar-refractivity contribution is 7.99. The minimum Gasteiger partial charge on any atom is -0.356 e. The van der Waals surface area contributed by atoms with Crippen molar-refractivity contribution in [2.75, 3.05) is 24.6 Å². The van der Waals surface area contributed by atoms with Crippen molar-refractivity contribution in [3.8, 4) is 0 Å². The summed E-state index contributed by atoms with van der Waals surface area (Å²) in [5.41, 5.74) is 0. The first-order chi connectivity index (χ1) is 9.65. The number of halogens is 2. The fourth-order valence-corrected chi connectivity index (χ4v) is 3.28. The molecule has 1 aliphatic heterocycles. The number of carbonyl (C=O) groups is 1. The zero-order valence-electron chi connectivity index (χ0n) is 13.1. The number of nitrogens with zero attached hydrogens (tertiary/aromatic N) is 2. The lowest BCUT2D eigenvalue weighted by Crippen LogP contribution is -2.42. The monoisotopic (exact) mass is 368 g/mol. The van der Waals surface area contributed by atoms with Gasteiger partial charge in [-0.2, -0.15) is 11.8 Å². The largest absolute Gasteiger partial charge is 0.356 e. The van der Waals surface area contributed by atoms with Crippen LogP contribution in [0, 0.1) is 12.8 Å². The van der Waals surface area contributed by atoms with Gasteiger partial charge >= 0.3 is 0 Å². The maximum Gasteiger partial charge on any atom is 0.221 e. The second-order valence-electron chi connectivity index (χ2n) is 5.47. The molecule has 1 fully saturated rings. The van der Waals surface area contributed by atoms with E-state index in [0.717, 1.165) is 37.0 Å². The zero-order chi connectivity index (χ0) is 14.4. The Hall–Kier alpha value is -0.430. The number of nitrogens with one attached hydrogen (secondary N) is 2. The topological polar surface area (TPSA) is 59.0 Å². The Morgan fingerprint density at radius 2 is 2.36 bits per heavy atom. The van der Waals surface area contributed by atoms with E-state index in [1.807, 2.05) is 31.1 Å². The Labute approximate surface area is 149 Å². The van der Waals surface area contributed by atoms with Crippen molar-refractivity contribution in [3.63, 3.8) is 0 Å². The molecule has 0 radical (unpaired) electrons.